The van der Waals surface area contributed by atoms with E-state index in [-0.39, 0.29) is 24.4 Å². The summed E-state index contributed by atoms with van der Waals surface area (Å²) in [5.41, 5.74) is 11.5. The number of nitrogens with two attached hydrogens (primary N) is 2. The van der Waals surface area contributed by atoms with Gasteiger partial charge in [0, 0.05) is 0 Å². The molecule has 0 saturated carbocycles. The zero-order valence-corrected chi connectivity index (χ0v) is 18.1. The van der Waals surface area contributed by atoms with Gasteiger partial charge in [-0.3, -0.25) is 11.0 Å². The van der Waals surface area contributed by atoms with Gasteiger partial charge in [0.25, 0.3) is 8.53 Å². The third kappa shape index (κ3) is 11.9. The van der Waals surface area contributed by atoms with Gasteiger partial charge < -0.3 is 18.1 Å². The number of hydrogen-bond donors (Lipinski definition) is 3. The van der Waals surface area contributed by atoms with E-state index in [2.05, 4.69) is 9.37 Å². The fourth-order valence-corrected chi connectivity index (χ4v) is 6.93. The fourth-order valence-electron chi connectivity index (χ4n) is 1.40. The van der Waals surface area contributed by atoms with E-state index in [1.165, 1.54) is 0 Å². The zero-order chi connectivity index (χ0) is 18.2. The molecule has 0 aliphatic carbocycles. The second kappa shape index (κ2) is 11.4. The Morgan fingerprint density at radius 3 is 1.43 bits per heavy atom. The summed E-state index contributed by atoms with van der Waals surface area (Å²) in [6.45, 7) is 15.3. The van der Waals surface area contributed by atoms with Crippen molar-refractivity contribution in [3.05, 3.63) is 0 Å². The Hall–Kier alpha value is 0.810. The first-order chi connectivity index (χ1) is 10.5. The molecule has 0 aromatic heterocycles. The van der Waals surface area contributed by atoms with Gasteiger partial charge in [0.1, 0.15) is 0 Å². The molecular weight excluding hydrogens is 357 g/mol. The molecule has 0 unspecified atom stereocenters. The standard InChI is InChI=1S/C12H33N4O4P3/c1-9(2)17-22(18-10(3)4)16-23(15-21(13)14,19-11(5)6)20-12(7)8/h9-12,16H,13-14H2,1-8H3. The molecular formula is C12H33N4O4P3. The molecule has 23 heavy (non-hydrogen) atoms. The molecule has 0 saturated heterocycles. The molecule has 140 valence electrons. The minimum Gasteiger partial charge on any atom is -0.319 e. The maximum Gasteiger partial charge on any atom is 0.301 e. The van der Waals surface area contributed by atoms with Crippen LogP contribution in [0.5, 0.6) is 0 Å². The Bertz CT molecular complexity index is 357. The average molecular weight is 390 g/mol. The Kier molecular flexibility index (Phi) is 11.8. The fraction of sp³-hybridized carbons (Fsp3) is 1.00. The summed E-state index contributed by atoms with van der Waals surface area (Å²) in [7, 11) is -5.92. The predicted molar refractivity (Wildman–Crippen MR) is 99.6 cm³/mol. The van der Waals surface area contributed by atoms with Gasteiger partial charge >= 0.3 is 7.66 Å². The van der Waals surface area contributed by atoms with Crippen LogP contribution in [0, 0.1) is 0 Å². The smallest absolute Gasteiger partial charge is 0.301 e. The highest BCUT2D eigenvalue weighted by atomic mass is 31.3. The van der Waals surface area contributed by atoms with E-state index in [9.17, 15) is 0 Å². The topological polar surface area (TPSA) is 113 Å². The van der Waals surface area contributed by atoms with Crippen molar-refractivity contribution in [1.29, 1.82) is 0 Å². The highest BCUT2D eigenvalue weighted by Gasteiger charge is 2.32. The molecule has 0 aromatic rings. The molecule has 0 aromatic carbocycles. The van der Waals surface area contributed by atoms with Crippen LogP contribution in [0.1, 0.15) is 55.4 Å². The van der Waals surface area contributed by atoms with Crippen molar-refractivity contribution >= 4 is 24.6 Å². The second-order valence-electron chi connectivity index (χ2n) is 5.96. The SMILES string of the molecule is CC(C)OP(NP(=NP(N)N)(OC(C)C)OC(C)C)OC(C)C. The van der Waals surface area contributed by atoms with Crippen LogP contribution in [-0.4, -0.2) is 24.4 Å². The third-order valence-electron chi connectivity index (χ3n) is 1.75. The molecule has 0 rings (SSSR count). The van der Waals surface area contributed by atoms with E-state index in [0.717, 1.165) is 0 Å². The largest absolute Gasteiger partial charge is 0.319 e. The summed E-state index contributed by atoms with van der Waals surface area (Å²) in [4.78, 5) is 3.20. The molecule has 5 N–H and O–H groups in total. The van der Waals surface area contributed by atoms with E-state index in [1.807, 2.05) is 55.4 Å². The van der Waals surface area contributed by atoms with Gasteiger partial charge in [-0.1, -0.05) is 0 Å². The van der Waals surface area contributed by atoms with E-state index >= 15 is 0 Å². The van der Waals surface area contributed by atoms with Crippen molar-refractivity contribution in [2.45, 2.75) is 79.8 Å². The van der Waals surface area contributed by atoms with E-state index in [4.69, 9.17) is 29.1 Å². The number of nitrogens with zero attached hydrogens (tertiary/aromatic N) is 1. The molecule has 0 spiro atoms. The van der Waals surface area contributed by atoms with Crippen molar-refractivity contribution in [2.24, 2.45) is 15.5 Å². The number of hydrogen-bond acceptors (Lipinski definition) is 7. The van der Waals surface area contributed by atoms with Gasteiger partial charge in [-0.05, 0) is 55.4 Å². The first-order valence-electron chi connectivity index (χ1n) is 7.66. The molecule has 0 heterocycles. The lowest BCUT2D eigenvalue weighted by Crippen LogP contribution is -2.21. The van der Waals surface area contributed by atoms with E-state index < -0.39 is 24.6 Å². The molecule has 0 fully saturated rings. The van der Waals surface area contributed by atoms with Gasteiger partial charge in [-0.2, -0.15) is 9.37 Å². The summed E-state index contributed by atoms with van der Waals surface area (Å²) in [6.07, 6.45) is -0.291. The van der Waals surface area contributed by atoms with Gasteiger partial charge in [-0.15, -0.1) is 0 Å². The minimum absolute atomic E-state index is 0.0235. The first-order valence-corrected chi connectivity index (χ1v) is 11.8. The Morgan fingerprint density at radius 1 is 0.783 bits per heavy atom. The monoisotopic (exact) mass is 390 g/mol. The van der Waals surface area contributed by atoms with Crippen LogP contribution in [0.2, 0.25) is 0 Å². The van der Waals surface area contributed by atoms with Crippen LogP contribution in [0.25, 0.3) is 0 Å². The van der Waals surface area contributed by atoms with Crippen LogP contribution in [0.15, 0.2) is 4.52 Å². The van der Waals surface area contributed by atoms with Crippen molar-refractivity contribution < 1.29 is 18.1 Å². The quantitative estimate of drug-likeness (QED) is 0.442. The van der Waals surface area contributed by atoms with Gasteiger partial charge in [0.05, 0.1) is 24.4 Å². The lowest BCUT2D eigenvalue weighted by molar-refractivity contribution is 0.155. The summed E-state index contributed by atoms with van der Waals surface area (Å²) >= 11 is 0. The summed E-state index contributed by atoms with van der Waals surface area (Å²) in [5, 5.41) is 0. The van der Waals surface area contributed by atoms with Crippen LogP contribution in [0.3, 0.4) is 0 Å². The van der Waals surface area contributed by atoms with Gasteiger partial charge in [0.15, 0.2) is 8.37 Å². The van der Waals surface area contributed by atoms with Crippen molar-refractivity contribution in [3.8, 4) is 0 Å². The van der Waals surface area contributed by atoms with Crippen molar-refractivity contribution in [2.75, 3.05) is 0 Å². The van der Waals surface area contributed by atoms with Crippen molar-refractivity contribution in [3.63, 3.8) is 0 Å². The molecule has 8 nitrogen and oxygen atoms in total. The maximum atomic E-state index is 5.98. The van der Waals surface area contributed by atoms with Crippen LogP contribution < -0.4 is 15.9 Å². The normalized spacial score (nSPS) is 13.4. The predicted octanol–water partition coefficient (Wildman–Crippen LogP) is 4.59. The number of rotatable bonds is 11. The van der Waals surface area contributed by atoms with Crippen LogP contribution in [0.4, 0.5) is 0 Å². The number of nitrogens with one attached hydrogen (secondary N) is 1. The molecule has 0 aliphatic heterocycles. The summed E-state index contributed by atoms with van der Waals surface area (Å²) in [5.74, 6) is 0. The molecule has 0 atom stereocenters. The Morgan fingerprint density at radius 2 is 1.17 bits per heavy atom. The lowest BCUT2D eigenvalue weighted by atomic mass is 10.5. The molecule has 0 bridgehead atoms. The summed E-state index contributed by atoms with van der Waals surface area (Å²) in [6, 6.07) is 0. The lowest BCUT2D eigenvalue weighted by Gasteiger charge is -2.32. The second-order valence-corrected chi connectivity index (χ2v) is 10.6. The Labute approximate surface area is 143 Å². The zero-order valence-electron chi connectivity index (χ0n) is 15.4. The van der Waals surface area contributed by atoms with E-state index in [0.29, 0.717) is 0 Å². The van der Waals surface area contributed by atoms with Crippen molar-refractivity contribution in [1.82, 2.24) is 4.86 Å². The maximum absolute atomic E-state index is 5.98. The highest BCUT2D eigenvalue weighted by molar-refractivity contribution is 7.71. The molecule has 0 aliphatic rings. The molecule has 0 radical (unpaired) electrons. The van der Waals surface area contributed by atoms with Crippen LogP contribution >= 0.6 is 24.6 Å². The van der Waals surface area contributed by atoms with Gasteiger partial charge in [-0.25, -0.2) is 0 Å². The average Bonchev–Trinajstić information content (AvgIpc) is 2.21. The van der Waals surface area contributed by atoms with Gasteiger partial charge in [0.2, 0.25) is 0 Å². The molecule has 0 amide bonds. The third-order valence-corrected chi connectivity index (χ3v) is 7.82. The molecule has 11 heteroatoms. The highest BCUT2D eigenvalue weighted by Crippen LogP contribution is 2.60. The summed E-state index contributed by atoms with van der Waals surface area (Å²) < 4.78 is 28.0. The minimum atomic E-state index is -2.90. The Balaban J connectivity index is 5.58. The first kappa shape index (κ1) is 23.8. The van der Waals surface area contributed by atoms with E-state index in [1.54, 1.807) is 0 Å². The van der Waals surface area contributed by atoms with Crippen LogP contribution in [-0.2, 0) is 18.1 Å².